The van der Waals surface area contributed by atoms with Crippen molar-refractivity contribution in [2.45, 2.75) is 25.9 Å². The minimum absolute atomic E-state index is 0.180. The first kappa shape index (κ1) is 20.1. The number of likely N-dealkylation sites (N-methyl/N-ethyl adjacent to an activating group) is 1. The molecule has 0 saturated heterocycles. The molecule has 6 heteroatoms. The predicted molar refractivity (Wildman–Crippen MR) is 107 cm³/mol. The highest BCUT2D eigenvalue weighted by Crippen LogP contribution is 2.29. The van der Waals surface area contributed by atoms with Gasteiger partial charge in [0.2, 0.25) is 0 Å². The van der Waals surface area contributed by atoms with E-state index >= 15 is 0 Å². The molecule has 150 valence electrons. The van der Waals surface area contributed by atoms with Gasteiger partial charge in [-0.2, -0.15) is 8.78 Å². The number of aromatic amines is 1. The number of aromatic nitrogens is 1. The summed E-state index contributed by atoms with van der Waals surface area (Å²) in [7, 11) is 4.14. The number of H-pyrrole nitrogens is 1. The van der Waals surface area contributed by atoms with E-state index in [1.54, 1.807) is 12.1 Å². The van der Waals surface area contributed by atoms with Crippen LogP contribution in [0.4, 0.5) is 8.78 Å². The normalized spacial score (nSPS) is 11.5. The summed E-state index contributed by atoms with van der Waals surface area (Å²) in [5.41, 5.74) is 3.41. The van der Waals surface area contributed by atoms with E-state index in [9.17, 15) is 8.78 Å². The van der Waals surface area contributed by atoms with Crippen molar-refractivity contribution >= 4 is 10.9 Å². The maximum Gasteiger partial charge on any atom is 0.387 e. The topological polar surface area (TPSA) is 37.5 Å². The summed E-state index contributed by atoms with van der Waals surface area (Å²) >= 11 is 0. The third-order valence-corrected chi connectivity index (χ3v) is 4.59. The molecule has 28 heavy (non-hydrogen) atoms. The lowest BCUT2D eigenvalue weighted by Crippen LogP contribution is -2.14. The number of benzene rings is 2. The summed E-state index contributed by atoms with van der Waals surface area (Å²) in [5, 5.41) is 1.15. The zero-order valence-electron chi connectivity index (χ0n) is 16.3. The summed E-state index contributed by atoms with van der Waals surface area (Å²) in [6.07, 6.45) is 4.67. The molecule has 4 nitrogen and oxygen atoms in total. The van der Waals surface area contributed by atoms with Crippen LogP contribution in [0.25, 0.3) is 10.9 Å². The summed E-state index contributed by atoms with van der Waals surface area (Å²) in [4.78, 5) is 5.49. The number of halogens is 2. The Kier molecular flexibility index (Phi) is 6.87. The smallest absolute Gasteiger partial charge is 0.387 e. The number of nitrogens with one attached hydrogen (secondary N) is 1. The Morgan fingerprint density at radius 2 is 1.82 bits per heavy atom. The lowest BCUT2D eigenvalue weighted by atomic mass is 10.1. The molecule has 0 bridgehead atoms. The van der Waals surface area contributed by atoms with E-state index in [0.29, 0.717) is 6.61 Å². The zero-order chi connectivity index (χ0) is 19.9. The Bertz CT molecular complexity index is 876. The van der Waals surface area contributed by atoms with E-state index in [4.69, 9.17) is 4.74 Å². The Labute approximate surface area is 164 Å². The Balaban J connectivity index is 1.56. The van der Waals surface area contributed by atoms with Crippen molar-refractivity contribution in [3.05, 3.63) is 59.8 Å². The van der Waals surface area contributed by atoms with E-state index in [1.165, 1.54) is 5.56 Å². The van der Waals surface area contributed by atoms with E-state index in [1.807, 2.05) is 24.3 Å². The molecule has 0 aliphatic rings. The van der Waals surface area contributed by atoms with Crippen LogP contribution in [0.15, 0.2) is 48.7 Å². The molecule has 0 saturated carbocycles. The molecule has 1 aromatic heterocycles. The van der Waals surface area contributed by atoms with Gasteiger partial charge < -0.3 is 19.4 Å². The number of ether oxygens (including phenoxy) is 2. The molecule has 0 unspecified atom stereocenters. The Morgan fingerprint density at radius 3 is 2.54 bits per heavy atom. The summed E-state index contributed by atoms with van der Waals surface area (Å²) in [5.74, 6) is 1.08. The Hall–Kier alpha value is -2.60. The molecule has 0 amide bonds. The molecule has 0 spiro atoms. The average Bonchev–Trinajstić information content (AvgIpc) is 3.08. The van der Waals surface area contributed by atoms with Crippen LogP contribution in [0.1, 0.15) is 17.5 Å². The van der Waals surface area contributed by atoms with Gasteiger partial charge in [0.1, 0.15) is 11.5 Å². The van der Waals surface area contributed by atoms with Crippen molar-refractivity contribution in [1.82, 2.24) is 9.88 Å². The summed E-state index contributed by atoms with van der Waals surface area (Å²) < 4.78 is 34.8. The maximum absolute atomic E-state index is 12.2. The van der Waals surface area contributed by atoms with Gasteiger partial charge in [-0.15, -0.1) is 0 Å². The fraction of sp³-hybridized carbons (Fsp3) is 0.364. The first-order valence-corrected chi connectivity index (χ1v) is 9.43. The van der Waals surface area contributed by atoms with Gasteiger partial charge in [-0.25, -0.2) is 0 Å². The molecule has 0 aliphatic carbocycles. The third-order valence-electron chi connectivity index (χ3n) is 4.59. The van der Waals surface area contributed by atoms with Crippen LogP contribution >= 0.6 is 0 Å². The van der Waals surface area contributed by atoms with Gasteiger partial charge in [-0.05, 0) is 68.8 Å². The second kappa shape index (κ2) is 9.55. The van der Waals surface area contributed by atoms with Crippen molar-refractivity contribution in [3.63, 3.8) is 0 Å². The standard InChI is InChI=1S/C22H26F2N2O2/c1-26(2)13-12-17-15-25-19-6-3-7-20(21(17)19)27-14-4-5-16-8-10-18(11-9-16)28-22(23)24/h3,6-11,15,22,25H,4-5,12-14H2,1-2H3. The highest BCUT2D eigenvalue weighted by molar-refractivity contribution is 5.89. The molecular formula is C22H26F2N2O2. The number of rotatable bonds is 10. The van der Waals surface area contributed by atoms with Gasteiger partial charge in [0.25, 0.3) is 0 Å². The second-order valence-electron chi connectivity index (χ2n) is 7.02. The van der Waals surface area contributed by atoms with E-state index in [-0.39, 0.29) is 5.75 Å². The maximum atomic E-state index is 12.2. The lowest BCUT2D eigenvalue weighted by Gasteiger charge is -2.11. The van der Waals surface area contributed by atoms with Crippen molar-refractivity contribution in [3.8, 4) is 11.5 Å². The van der Waals surface area contributed by atoms with Crippen LogP contribution in [0.5, 0.6) is 11.5 Å². The molecule has 2 aromatic carbocycles. The highest BCUT2D eigenvalue weighted by atomic mass is 19.3. The number of hydrogen-bond donors (Lipinski definition) is 1. The monoisotopic (exact) mass is 388 g/mol. The fourth-order valence-corrected chi connectivity index (χ4v) is 3.18. The van der Waals surface area contributed by atoms with Crippen LogP contribution in [-0.2, 0) is 12.8 Å². The van der Waals surface area contributed by atoms with Crippen LogP contribution in [0, 0.1) is 0 Å². The predicted octanol–water partition coefficient (Wildman–Crippen LogP) is 4.89. The number of aryl methyl sites for hydroxylation is 1. The minimum atomic E-state index is -2.79. The molecule has 3 aromatic rings. The zero-order valence-corrected chi connectivity index (χ0v) is 16.3. The van der Waals surface area contributed by atoms with Gasteiger partial charge in [-0.1, -0.05) is 18.2 Å². The van der Waals surface area contributed by atoms with Crippen LogP contribution in [0.2, 0.25) is 0 Å². The van der Waals surface area contributed by atoms with E-state index < -0.39 is 6.61 Å². The molecular weight excluding hydrogens is 362 g/mol. The molecule has 1 N–H and O–H groups in total. The minimum Gasteiger partial charge on any atom is -0.493 e. The first-order chi connectivity index (χ1) is 13.5. The highest BCUT2D eigenvalue weighted by Gasteiger charge is 2.10. The van der Waals surface area contributed by atoms with E-state index in [0.717, 1.165) is 48.0 Å². The average molecular weight is 388 g/mol. The van der Waals surface area contributed by atoms with Gasteiger partial charge in [0.15, 0.2) is 0 Å². The van der Waals surface area contributed by atoms with Crippen molar-refractivity contribution in [1.29, 1.82) is 0 Å². The largest absolute Gasteiger partial charge is 0.493 e. The van der Waals surface area contributed by atoms with Gasteiger partial charge in [-0.3, -0.25) is 0 Å². The van der Waals surface area contributed by atoms with Crippen LogP contribution in [0.3, 0.4) is 0 Å². The molecule has 0 fully saturated rings. The SMILES string of the molecule is CN(C)CCc1c[nH]c2cccc(OCCCc3ccc(OC(F)F)cc3)c12. The number of alkyl halides is 2. The summed E-state index contributed by atoms with van der Waals surface area (Å²) in [6, 6.07) is 12.8. The molecule has 3 rings (SSSR count). The second-order valence-corrected chi connectivity index (χ2v) is 7.02. The first-order valence-electron chi connectivity index (χ1n) is 9.43. The van der Waals surface area contributed by atoms with Gasteiger partial charge in [0.05, 0.1) is 6.61 Å². The van der Waals surface area contributed by atoms with Gasteiger partial charge in [0, 0.05) is 23.6 Å². The van der Waals surface area contributed by atoms with Crippen LogP contribution in [-0.4, -0.2) is 43.7 Å². The summed E-state index contributed by atoms with van der Waals surface area (Å²) in [6.45, 7) is -1.22. The van der Waals surface area contributed by atoms with Crippen molar-refractivity contribution in [2.24, 2.45) is 0 Å². The van der Waals surface area contributed by atoms with Crippen molar-refractivity contribution in [2.75, 3.05) is 27.2 Å². The van der Waals surface area contributed by atoms with E-state index in [2.05, 4.69) is 41.0 Å². The molecule has 0 aliphatic heterocycles. The third kappa shape index (κ3) is 5.45. The van der Waals surface area contributed by atoms with Gasteiger partial charge >= 0.3 is 6.61 Å². The fourth-order valence-electron chi connectivity index (χ4n) is 3.18. The molecule has 0 atom stereocenters. The van der Waals surface area contributed by atoms with Crippen LogP contribution < -0.4 is 9.47 Å². The lowest BCUT2D eigenvalue weighted by molar-refractivity contribution is -0.0498. The Morgan fingerprint density at radius 1 is 1.04 bits per heavy atom. The number of hydrogen-bond acceptors (Lipinski definition) is 3. The molecule has 0 radical (unpaired) electrons. The number of fused-ring (bicyclic) bond motifs is 1. The van der Waals surface area contributed by atoms with Crippen molar-refractivity contribution < 1.29 is 18.3 Å². The quantitative estimate of drug-likeness (QED) is 0.503. The molecule has 1 heterocycles. The number of nitrogens with zero attached hydrogens (tertiary/aromatic N) is 1.